The minimum Gasteiger partial charge on any atom is -0.493 e. The summed E-state index contributed by atoms with van der Waals surface area (Å²) in [6.45, 7) is 3.99. The second-order valence-electron chi connectivity index (χ2n) is 11.5. The van der Waals surface area contributed by atoms with Crippen LogP contribution in [0.4, 0.5) is 41.6 Å². The average molecular weight is 678 g/mol. The maximum absolute atomic E-state index is 13.6. The second-order valence-corrected chi connectivity index (χ2v) is 11.5. The van der Waals surface area contributed by atoms with Crippen molar-refractivity contribution in [2.45, 2.75) is 70.5 Å². The number of ether oxygens (including phenoxy) is 4. The summed E-state index contributed by atoms with van der Waals surface area (Å²) in [6.07, 6.45) is -9.18. The molecular formula is C32H41F6N3O6. The Hall–Kier alpha value is -3.88. The minimum atomic E-state index is -5.08. The average Bonchev–Trinajstić information content (AvgIpc) is 2.99. The summed E-state index contributed by atoms with van der Waals surface area (Å²) in [5, 5.41) is 0. The van der Waals surface area contributed by atoms with Gasteiger partial charge < -0.3 is 23.8 Å². The van der Waals surface area contributed by atoms with E-state index in [9.17, 15) is 35.9 Å². The van der Waals surface area contributed by atoms with Gasteiger partial charge in [-0.05, 0) is 90.0 Å². The Morgan fingerprint density at radius 3 is 2.09 bits per heavy atom. The number of rotatable bonds is 12. The van der Waals surface area contributed by atoms with Crippen molar-refractivity contribution < 1.29 is 54.9 Å². The van der Waals surface area contributed by atoms with Gasteiger partial charge in [-0.1, -0.05) is 0 Å². The van der Waals surface area contributed by atoms with E-state index >= 15 is 0 Å². The third-order valence-electron chi connectivity index (χ3n) is 7.69. The zero-order valence-corrected chi connectivity index (χ0v) is 27.3. The highest BCUT2D eigenvalue weighted by Gasteiger charge is 2.42. The Kier molecular flexibility index (Phi) is 12.6. The molecule has 1 aliphatic heterocycles. The molecule has 0 radical (unpaired) electrons. The molecule has 0 aromatic heterocycles. The number of hydrogen-bond donors (Lipinski definition) is 0. The molecule has 0 saturated carbocycles. The van der Waals surface area contributed by atoms with E-state index in [1.807, 2.05) is 14.1 Å². The summed E-state index contributed by atoms with van der Waals surface area (Å²) < 4.78 is 104. The number of carbonyl (C=O) groups is 2. The Morgan fingerprint density at radius 2 is 1.55 bits per heavy atom. The molecule has 0 bridgehead atoms. The number of unbranched alkanes of at least 4 members (excludes halogenated alkanes) is 2. The largest absolute Gasteiger partial charge is 0.493 e. The molecule has 0 fully saturated rings. The number of fused-ring (bicyclic) bond motifs is 1. The number of alkyl halides is 6. The standard InChI is InChI=1S/C32H41F6N3O6/c1-7-46-30(43)41-20(2)13-25(24-17-27(44-5)28(18-26(24)41)47-12-10-8-9-11-39(3)4)40(29(42)45-6)19-21-14-22(31(33,34)35)16-23(15-21)32(36,37)38/h14-18,20,25H,7-13,19H2,1-6H3/t20-,25+/m1/s1. The van der Waals surface area contributed by atoms with Crippen molar-refractivity contribution in [2.75, 3.05) is 53.0 Å². The number of halogens is 6. The number of hydrogen-bond acceptors (Lipinski definition) is 7. The normalized spacial score (nSPS) is 16.5. The molecular weight excluding hydrogens is 636 g/mol. The minimum absolute atomic E-state index is 0.0236. The molecule has 0 aliphatic carbocycles. The summed E-state index contributed by atoms with van der Waals surface area (Å²) in [5.41, 5.74) is -2.82. The molecule has 262 valence electrons. The van der Waals surface area contributed by atoms with Crippen molar-refractivity contribution in [1.82, 2.24) is 9.80 Å². The molecule has 1 aliphatic rings. The molecule has 15 heteroatoms. The van der Waals surface area contributed by atoms with E-state index in [0.29, 0.717) is 30.1 Å². The van der Waals surface area contributed by atoms with E-state index < -0.39 is 59.9 Å². The number of benzene rings is 2. The summed E-state index contributed by atoms with van der Waals surface area (Å²) in [6, 6.07) is 2.68. The quantitative estimate of drug-likeness (QED) is 0.167. The van der Waals surface area contributed by atoms with Crippen LogP contribution in [0.5, 0.6) is 11.5 Å². The van der Waals surface area contributed by atoms with Crippen LogP contribution < -0.4 is 14.4 Å². The first-order valence-corrected chi connectivity index (χ1v) is 15.1. The van der Waals surface area contributed by atoms with E-state index in [1.165, 1.54) is 12.0 Å². The van der Waals surface area contributed by atoms with E-state index in [-0.39, 0.29) is 30.5 Å². The van der Waals surface area contributed by atoms with E-state index in [1.54, 1.807) is 26.0 Å². The first-order valence-electron chi connectivity index (χ1n) is 15.1. The lowest BCUT2D eigenvalue weighted by atomic mass is 9.90. The smallest absolute Gasteiger partial charge is 0.416 e. The van der Waals surface area contributed by atoms with Crippen LogP contribution in [0.2, 0.25) is 0 Å². The van der Waals surface area contributed by atoms with Gasteiger partial charge in [0.25, 0.3) is 0 Å². The monoisotopic (exact) mass is 677 g/mol. The maximum Gasteiger partial charge on any atom is 0.416 e. The second kappa shape index (κ2) is 15.8. The Morgan fingerprint density at radius 1 is 0.915 bits per heavy atom. The van der Waals surface area contributed by atoms with Gasteiger partial charge in [-0.3, -0.25) is 9.80 Å². The molecule has 1 heterocycles. The highest BCUT2D eigenvalue weighted by atomic mass is 19.4. The number of carbonyl (C=O) groups excluding carboxylic acids is 2. The topological polar surface area (TPSA) is 80.8 Å². The highest BCUT2D eigenvalue weighted by Crippen LogP contribution is 2.47. The van der Waals surface area contributed by atoms with Gasteiger partial charge in [-0.15, -0.1) is 0 Å². The van der Waals surface area contributed by atoms with Crippen molar-refractivity contribution in [3.05, 3.63) is 52.6 Å². The molecule has 2 aromatic rings. The van der Waals surface area contributed by atoms with Crippen LogP contribution in [0.1, 0.15) is 67.8 Å². The number of amides is 2. The summed E-state index contributed by atoms with van der Waals surface area (Å²) >= 11 is 0. The Bertz CT molecular complexity index is 1350. The van der Waals surface area contributed by atoms with Gasteiger partial charge >= 0.3 is 24.5 Å². The third-order valence-corrected chi connectivity index (χ3v) is 7.69. The summed E-state index contributed by atoms with van der Waals surface area (Å²) in [7, 11) is 6.42. The van der Waals surface area contributed by atoms with Gasteiger partial charge in [-0.25, -0.2) is 9.59 Å². The molecule has 0 spiro atoms. The third kappa shape index (κ3) is 9.58. The van der Waals surface area contributed by atoms with Crippen LogP contribution in [-0.2, 0) is 28.4 Å². The molecule has 0 saturated heterocycles. The van der Waals surface area contributed by atoms with E-state index in [2.05, 4.69) is 4.90 Å². The zero-order chi connectivity index (χ0) is 35.1. The van der Waals surface area contributed by atoms with Crippen LogP contribution >= 0.6 is 0 Å². The van der Waals surface area contributed by atoms with Gasteiger partial charge in [-0.2, -0.15) is 26.3 Å². The molecule has 2 aromatic carbocycles. The predicted molar refractivity (Wildman–Crippen MR) is 162 cm³/mol. The van der Waals surface area contributed by atoms with Crippen molar-refractivity contribution in [3.8, 4) is 11.5 Å². The highest BCUT2D eigenvalue weighted by molar-refractivity contribution is 5.91. The fraction of sp³-hybridized carbons (Fsp3) is 0.562. The lowest BCUT2D eigenvalue weighted by Gasteiger charge is -2.42. The zero-order valence-electron chi connectivity index (χ0n) is 27.3. The van der Waals surface area contributed by atoms with Gasteiger partial charge in [0.15, 0.2) is 11.5 Å². The molecule has 47 heavy (non-hydrogen) atoms. The Labute approximate surface area is 270 Å². The first-order chi connectivity index (χ1) is 22.0. The summed E-state index contributed by atoms with van der Waals surface area (Å²) in [5.74, 6) is 0.557. The van der Waals surface area contributed by atoms with Crippen LogP contribution in [-0.4, -0.2) is 76.1 Å². The summed E-state index contributed by atoms with van der Waals surface area (Å²) in [4.78, 5) is 30.8. The molecule has 2 atom stereocenters. The van der Waals surface area contributed by atoms with Gasteiger partial charge in [0, 0.05) is 24.2 Å². The predicted octanol–water partition coefficient (Wildman–Crippen LogP) is 7.91. The van der Waals surface area contributed by atoms with Crippen LogP contribution in [0.15, 0.2) is 30.3 Å². The Balaban J connectivity index is 2.10. The SMILES string of the molecule is CCOC(=O)N1c2cc(OCCCCCN(C)C)c(OC)cc2[C@@H](N(Cc2cc(C(F)(F)F)cc(C(F)(F)F)c2)C(=O)OC)C[C@H]1C. The van der Waals surface area contributed by atoms with Crippen molar-refractivity contribution in [1.29, 1.82) is 0 Å². The van der Waals surface area contributed by atoms with Crippen LogP contribution in [0.25, 0.3) is 0 Å². The van der Waals surface area contributed by atoms with Gasteiger partial charge in [0.05, 0.1) is 50.3 Å². The van der Waals surface area contributed by atoms with Crippen molar-refractivity contribution in [2.24, 2.45) is 0 Å². The molecule has 2 amide bonds. The lowest BCUT2D eigenvalue weighted by molar-refractivity contribution is -0.143. The number of anilines is 1. The first kappa shape index (κ1) is 37.6. The van der Waals surface area contributed by atoms with E-state index in [0.717, 1.165) is 37.8 Å². The molecule has 0 unspecified atom stereocenters. The van der Waals surface area contributed by atoms with E-state index in [4.69, 9.17) is 18.9 Å². The molecule has 3 rings (SSSR count). The molecule has 9 nitrogen and oxygen atoms in total. The van der Waals surface area contributed by atoms with Gasteiger partial charge in [0.1, 0.15) is 0 Å². The van der Waals surface area contributed by atoms with Crippen molar-refractivity contribution >= 4 is 17.9 Å². The lowest BCUT2D eigenvalue weighted by Crippen LogP contribution is -2.47. The fourth-order valence-electron chi connectivity index (χ4n) is 5.49. The molecule has 0 N–H and O–H groups in total. The number of nitrogens with zero attached hydrogens (tertiary/aromatic N) is 3. The van der Waals surface area contributed by atoms with Crippen molar-refractivity contribution in [3.63, 3.8) is 0 Å². The maximum atomic E-state index is 13.6. The number of methoxy groups -OCH3 is 2. The van der Waals surface area contributed by atoms with Gasteiger partial charge in [0.2, 0.25) is 0 Å². The van der Waals surface area contributed by atoms with Crippen LogP contribution in [0, 0.1) is 0 Å². The fourth-order valence-corrected chi connectivity index (χ4v) is 5.49. The van der Waals surface area contributed by atoms with Crippen LogP contribution in [0.3, 0.4) is 0 Å².